The summed E-state index contributed by atoms with van der Waals surface area (Å²) in [4.78, 5) is 16.6. The molecule has 25 heavy (non-hydrogen) atoms. The van der Waals surface area contributed by atoms with Gasteiger partial charge in [-0.1, -0.05) is 36.4 Å². The predicted octanol–water partition coefficient (Wildman–Crippen LogP) is 4.55. The molecule has 2 aromatic carbocycles. The molecule has 3 aromatic rings. The van der Waals surface area contributed by atoms with Crippen molar-refractivity contribution < 1.29 is 4.79 Å². The number of benzene rings is 2. The van der Waals surface area contributed by atoms with E-state index in [9.17, 15) is 4.79 Å². The summed E-state index contributed by atoms with van der Waals surface area (Å²) in [5.74, 6) is 0.947. The molecule has 4 nitrogen and oxygen atoms in total. The normalized spacial score (nSPS) is 10.2. The van der Waals surface area contributed by atoms with Gasteiger partial charge >= 0.3 is 0 Å². The zero-order valence-electron chi connectivity index (χ0n) is 13.3. The summed E-state index contributed by atoms with van der Waals surface area (Å²) < 4.78 is 0. The Kier molecular flexibility index (Phi) is 5.83. The van der Waals surface area contributed by atoms with Crippen molar-refractivity contribution in [3.63, 3.8) is 0 Å². The van der Waals surface area contributed by atoms with E-state index in [0.29, 0.717) is 22.8 Å². The first kappa shape index (κ1) is 17.2. The summed E-state index contributed by atoms with van der Waals surface area (Å²) in [5, 5.41) is 14.7. The summed E-state index contributed by atoms with van der Waals surface area (Å²) in [6.07, 6.45) is 0. The summed E-state index contributed by atoms with van der Waals surface area (Å²) >= 11 is 3.13. The third-order valence-corrected chi connectivity index (χ3v) is 5.24. The van der Waals surface area contributed by atoms with Crippen LogP contribution in [0.2, 0.25) is 0 Å². The Balaban J connectivity index is 1.49. The molecule has 0 atom stereocenters. The van der Waals surface area contributed by atoms with Crippen LogP contribution in [0, 0.1) is 11.3 Å². The summed E-state index contributed by atoms with van der Waals surface area (Å²) in [6, 6.07) is 19.0. The maximum atomic E-state index is 12.0. The molecule has 0 radical (unpaired) electrons. The fraction of sp³-hybridized carbons (Fsp3) is 0.105. The van der Waals surface area contributed by atoms with Crippen LogP contribution in [0.3, 0.4) is 0 Å². The van der Waals surface area contributed by atoms with Crippen molar-refractivity contribution in [2.75, 3.05) is 11.1 Å². The Labute approximate surface area is 154 Å². The molecule has 124 valence electrons. The fourth-order valence-electron chi connectivity index (χ4n) is 2.20. The molecule has 0 aliphatic heterocycles. The van der Waals surface area contributed by atoms with E-state index in [1.54, 1.807) is 35.6 Å². The van der Waals surface area contributed by atoms with E-state index in [4.69, 9.17) is 5.26 Å². The zero-order valence-corrected chi connectivity index (χ0v) is 14.9. The van der Waals surface area contributed by atoms with Crippen molar-refractivity contribution >= 4 is 34.7 Å². The van der Waals surface area contributed by atoms with Crippen LogP contribution in [-0.4, -0.2) is 16.6 Å². The van der Waals surface area contributed by atoms with Gasteiger partial charge in [0.15, 0.2) is 0 Å². The minimum atomic E-state index is -0.0846. The lowest BCUT2D eigenvalue weighted by molar-refractivity contribution is -0.113. The highest BCUT2D eigenvalue weighted by molar-refractivity contribution is 7.99. The molecular formula is C19H15N3OS2. The first-order valence-electron chi connectivity index (χ1n) is 7.62. The monoisotopic (exact) mass is 365 g/mol. The number of thioether (sulfide) groups is 1. The number of aromatic nitrogens is 1. The zero-order chi connectivity index (χ0) is 17.5. The number of carbonyl (C=O) groups is 1. The molecule has 0 saturated carbocycles. The van der Waals surface area contributed by atoms with Crippen molar-refractivity contribution in [3.8, 4) is 16.6 Å². The number of hydrogen-bond acceptors (Lipinski definition) is 5. The largest absolute Gasteiger partial charge is 0.325 e. The quantitative estimate of drug-likeness (QED) is 0.696. The van der Waals surface area contributed by atoms with Gasteiger partial charge < -0.3 is 5.32 Å². The molecule has 1 heterocycles. The molecule has 0 fully saturated rings. The number of hydrogen-bond donors (Lipinski definition) is 1. The Morgan fingerprint density at radius 3 is 2.84 bits per heavy atom. The third kappa shape index (κ3) is 4.92. The number of anilines is 1. The second-order valence-corrected chi connectivity index (χ2v) is 7.09. The molecule has 0 aliphatic rings. The number of nitriles is 1. The number of thiazole rings is 1. The highest BCUT2D eigenvalue weighted by Crippen LogP contribution is 2.25. The number of rotatable bonds is 6. The lowest BCUT2D eigenvalue weighted by Gasteiger charge is -2.04. The molecule has 0 aliphatic carbocycles. The van der Waals surface area contributed by atoms with Gasteiger partial charge in [0, 0.05) is 22.4 Å². The SMILES string of the molecule is N#Cc1cccc(NC(=O)CSCc2csc(-c3ccccc3)n2)c1. The summed E-state index contributed by atoms with van der Waals surface area (Å²) in [6.45, 7) is 0. The maximum absolute atomic E-state index is 12.0. The molecule has 0 bridgehead atoms. The van der Waals surface area contributed by atoms with Crippen LogP contribution in [0.25, 0.3) is 10.6 Å². The molecule has 0 unspecified atom stereocenters. The van der Waals surface area contributed by atoms with E-state index < -0.39 is 0 Å². The van der Waals surface area contributed by atoms with E-state index in [1.807, 2.05) is 35.7 Å². The number of amides is 1. The van der Waals surface area contributed by atoms with Gasteiger partial charge in [-0.25, -0.2) is 4.98 Å². The van der Waals surface area contributed by atoms with Crippen molar-refractivity contribution in [1.82, 2.24) is 4.98 Å². The average molecular weight is 365 g/mol. The minimum absolute atomic E-state index is 0.0846. The average Bonchev–Trinajstić information content (AvgIpc) is 3.11. The first-order valence-corrected chi connectivity index (χ1v) is 9.65. The topological polar surface area (TPSA) is 65.8 Å². The van der Waals surface area contributed by atoms with E-state index in [1.165, 1.54) is 11.8 Å². The van der Waals surface area contributed by atoms with Gasteiger partial charge in [-0.15, -0.1) is 23.1 Å². The highest BCUT2D eigenvalue weighted by atomic mass is 32.2. The molecular weight excluding hydrogens is 350 g/mol. The standard InChI is InChI=1S/C19H15N3OS2/c20-10-14-5-4-8-16(9-14)21-18(23)13-24-11-17-12-25-19(22-17)15-6-2-1-3-7-15/h1-9,12H,11,13H2,(H,21,23). The second kappa shape index (κ2) is 8.47. The fourth-order valence-corrected chi connectivity index (χ4v) is 3.85. The van der Waals surface area contributed by atoms with Crippen molar-refractivity contribution in [2.45, 2.75) is 5.75 Å². The number of carbonyl (C=O) groups excluding carboxylic acids is 1. The predicted molar refractivity (Wildman–Crippen MR) is 103 cm³/mol. The minimum Gasteiger partial charge on any atom is -0.325 e. The van der Waals surface area contributed by atoms with E-state index >= 15 is 0 Å². The van der Waals surface area contributed by atoms with Crippen molar-refractivity contribution in [1.29, 1.82) is 5.26 Å². The molecule has 1 aromatic heterocycles. The van der Waals surface area contributed by atoms with Gasteiger partial charge in [0.25, 0.3) is 0 Å². The van der Waals surface area contributed by atoms with Crippen LogP contribution in [0.15, 0.2) is 60.0 Å². The van der Waals surface area contributed by atoms with Gasteiger partial charge in [-0.3, -0.25) is 4.79 Å². The Hall–Kier alpha value is -2.62. The van der Waals surface area contributed by atoms with Crippen molar-refractivity contribution in [2.24, 2.45) is 0 Å². The lowest BCUT2D eigenvalue weighted by atomic mass is 10.2. The number of nitrogens with one attached hydrogen (secondary N) is 1. The maximum Gasteiger partial charge on any atom is 0.234 e. The van der Waals surface area contributed by atoms with Crippen LogP contribution in [0.4, 0.5) is 5.69 Å². The van der Waals surface area contributed by atoms with E-state index in [-0.39, 0.29) is 5.91 Å². The second-order valence-electron chi connectivity index (χ2n) is 5.24. The Bertz CT molecular complexity index is 900. The molecule has 0 saturated heterocycles. The van der Waals surface area contributed by atoms with Crippen LogP contribution in [-0.2, 0) is 10.5 Å². The highest BCUT2D eigenvalue weighted by Gasteiger charge is 2.07. The lowest BCUT2D eigenvalue weighted by Crippen LogP contribution is -2.14. The summed E-state index contributed by atoms with van der Waals surface area (Å²) in [5.41, 5.74) is 3.26. The smallest absolute Gasteiger partial charge is 0.234 e. The molecule has 6 heteroatoms. The van der Waals surface area contributed by atoms with Crippen LogP contribution in [0.1, 0.15) is 11.3 Å². The Morgan fingerprint density at radius 1 is 1.20 bits per heavy atom. The molecule has 1 amide bonds. The molecule has 0 spiro atoms. The number of nitrogens with zero attached hydrogens (tertiary/aromatic N) is 2. The van der Waals surface area contributed by atoms with Gasteiger partial charge in [0.05, 0.1) is 23.1 Å². The van der Waals surface area contributed by atoms with Crippen molar-refractivity contribution in [3.05, 3.63) is 71.2 Å². The Morgan fingerprint density at radius 2 is 2.04 bits per heavy atom. The van der Waals surface area contributed by atoms with E-state index in [2.05, 4.69) is 16.4 Å². The van der Waals surface area contributed by atoms with E-state index in [0.717, 1.165) is 16.3 Å². The van der Waals surface area contributed by atoms with Gasteiger partial charge in [-0.2, -0.15) is 5.26 Å². The molecule has 3 rings (SSSR count). The van der Waals surface area contributed by atoms with Crippen LogP contribution >= 0.6 is 23.1 Å². The first-order chi connectivity index (χ1) is 12.2. The molecule has 1 N–H and O–H groups in total. The summed E-state index contributed by atoms with van der Waals surface area (Å²) in [7, 11) is 0. The van der Waals surface area contributed by atoms with Gasteiger partial charge in [-0.05, 0) is 18.2 Å². The third-order valence-electron chi connectivity index (χ3n) is 3.33. The van der Waals surface area contributed by atoms with Crippen LogP contribution in [0.5, 0.6) is 0 Å². The van der Waals surface area contributed by atoms with Gasteiger partial charge in [0.2, 0.25) is 5.91 Å². The van der Waals surface area contributed by atoms with Crippen LogP contribution < -0.4 is 5.32 Å². The van der Waals surface area contributed by atoms with Gasteiger partial charge in [0.1, 0.15) is 5.01 Å².